The number of anilines is 2. The summed E-state index contributed by atoms with van der Waals surface area (Å²) >= 11 is 0. The summed E-state index contributed by atoms with van der Waals surface area (Å²) in [6, 6.07) is 9.47. The Bertz CT molecular complexity index is 267. The number of nitrogens with one attached hydrogen (secondary N) is 2. The van der Waals surface area contributed by atoms with E-state index in [4.69, 9.17) is 0 Å². The third kappa shape index (κ3) is 1.77. The molecule has 2 rings (SSSR count). The van der Waals surface area contributed by atoms with Gasteiger partial charge in [-0.3, -0.25) is 0 Å². The fourth-order valence-electron chi connectivity index (χ4n) is 1.91. The molecule has 1 aliphatic heterocycles. The molecule has 1 aromatic carbocycles. The minimum absolute atomic E-state index is 0.547. The molecule has 2 heteroatoms. The monoisotopic (exact) mass is 176 g/mol. The van der Waals surface area contributed by atoms with E-state index in [1.807, 2.05) is 0 Å². The standard InChI is InChI=1S/C11H16N2/c1-8-7-9(2)13-11-6-4-3-5-10(11)12-8/h3-6,8-9,12-13H,7H2,1-2H3. The Labute approximate surface area is 79.4 Å². The molecule has 0 aromatic heterocycles. The Kier molecular flexibility index (Phi) is 2.13. The summed E-state index contributed by atoms with van der Waals surface area (Å²) in [5.74, 6) is 0. The van der Waals surface area contributed by atoms with Crippen molar-refractivity contribution in [2.24, 2.45) is 0 Å². The minimum Gasteiger partial charge on any atom is -0.381 e. The van der Waals surface area contributed by atoms with E-state index < -0.39 is 0 Å². The van der Waals surface area contributed by atoms with Crippen molar-refractivity contribution in [2.75, 3.05) is 10.6 Å². The van der Waals surface area contributed by atoms with Crippen LogP contribution in [0.3, 0.4) is 0 Å². The van der Waals surface area contributed by atoms with E-state index in [0.717, 1.165) is 6.42 Å². The predicted molar refractivity (Wildman–Crippen MR) is 57.2 cm³/mol. The van der Waals surface area contributed by atoms with Gasteiger partial charge in [0.1, 0.15) is 0 Å². The number of benzene rings is 1. The maximum Gasteiger partial charge on any atom is 0.0578 e. The molecule has 0 saturated carbocycles. The van der Waals surface area contributed by atoms with Gasteiger partial charge in [-0.05, 0) is 32.4 Å². The van der Waals surface area contributed by atoms with Crippen LogP contribution in [0.1, 0.15) is 20.3 Å². The Morgan fingerprint density at radius 2 is 1.46 bits per heavy atom. The molecule has 0 fully saturated rings. The molecule has 0 bridgehead atoms. The quantitative estimate of drug-likeness (QED) is 0.635. The average Bonchev–Trinajstić information content (AvgIpc) is 2.20. The van der Waals surface area contributed by atoms with Crippen molar-refractivity contribution in [3.8, 4) is 0 Å². The normalized spacial score (nSPS) is 26.6. The molecule has 0 amide bonds. The van der Waals surface area contributed by atoms with E-state index >= 15 is 0 Å². The second-order valence-electron chi connectivity index (χ2n) is 3.87. The molecule has 0 radical (unpaired) electrons. The molecule has 2 unspecified atom stereocenters. The first-order chi connectivity index (χ1) is 6.25. The second-order valence-corrected chi connectivity index (χ2v) is 3.87. The third-order valence-corrected chi connectivity index (χ3v) is 2.44. The van der Waals surface area contributed by atoms with Crippen molar-refractivity contribution in [3.63, 3.8) is 0 Å². The van der Waals surface area contributed by atoms with Crippen LogP contribution < -0.4 is 10.6 Å². The zero-order valence-corrected chi connectivity index (χ0v) is 8.17. The summed E-state index contributed by atoms with van der Waals surface area (Å²) in [6.07, 6.45) is 1.16. The van der Waals surface area contributed by atoms with Gasteiger partial charge in [-0.15, -0.1) is 0 Å². The van der Waals surface area contributed by atoms with E-state index in [1.54, 1.807) is 0 Å². The van der Waals surface area contributed by atoms with Gasteiger partial charge in [-0.2, -0.15) is 0 Å². The van der Waals surface area contributed by atoms with Gasteiger partial charge in [0.15, 0.2) is 0 Å². The van der Waals surface area contributed by atoms with Crippen LogP contribution >= 0.6 is 0 Å². The van der Waals surface area contributed by atoms with Crippen LogP contribution in [0.4, 0.5) is 11.4 Å². The van der Waals surface area contributed by atoms with Crippen LogP contribution in [0, 0.1) is 0 Å². The molecule has 70 valence electrons. The second kappa shape index (κ2) is 3.29. The van der Waals surface area contributed by atoms with Gasteiger partial charge < -0.3 is 10.6 Å². The molecule has 2 atom stereocenters. The Hall–Kier alpha value is -1.18. The van der Waals surface area contributed by atoms with Crippen molar-refractivity contribution in [3.05, 3.63) is 24.3 Å². The number of para-hydroxylation sites is 2. The van der Waals surface area contributed by atoms with E-state index in [9.17, 15) is 0 Å². The highest BCUT2D eigenvalue weighted by Crippen LogP contribution is 2.26. The highest BCUT2D eigenvalue weighted by molar-refractivity contribution is 5.69. The van der Waals surface area contributed by atoms with Gasteiger partial charge in [0.05, 0.1) is 11.4 Å². The molecular weight excluding hydrogens is 160 g/mol. The zero-order valence-electron chi connectivity index (χ0n) is 8.17. The maximum atomic E-state index is 3.49. The van der Waals surface area contributed by atoms with E-state index in [2.05, 4.69) is 48.7 Å². The van der Waals surface area contributed by atoms with E-state index in [0.29, 0.717) is 12.1 Å². The van der Waals surface area contributed by atoms with Crippen LogP contribution in [0.2, 0.25) is 0 Å². The smallest absolute Gasteiger partial charge is 0.0578 e. The average molecular weight is 176 g/mol. The predicted octanol–water partition coefficient (Wildman–Crippen LogP) is 2.69. The van der Waals surface area contributed by atoms with Gasteiger partial charge in [0.25, 0.3) is 0 Å². The lowest BCUT2D eigenvalue weighted by atomic mass is 10.1. The lowest BCUT2D eigenvalue weighted by Crippen LogP contribution is -2.21. The minimum atomic E-state index is 0.547. The first-order valence-corrected chi connectivity index (χ1v) is 4.88. The topological polar surface area (TPSA) is 24.1 Å². The largest absolute Gasteiger partial charge is 0.381 e. The maximum absolute atomic E-state index is 3.49. The first kappa shape index (κ1) is 8.42. The molecule has 0 aliphatic carbocycles. The lowest BCUT2D eigenvalue weighted by Gasteiger charge is -2.13. The van der Waals surface area contributed by atoms with Gasteiger partial charge in [0.2, 0.25) is 0 Å². The van der Waals surface area contributed by atoms with Crippen molar-refractivity contribution in [1.29, 1.82) is 0 Å². The Morgan fingerprint density at radius 1 is 1.00 bits per heavy atom. The van der Waals surface area contributed by atoms with Crippen LogP contribution in [0.15, 0.2) is 24.3 Å². The zero-order chi connectivity index (χ0) is 9.26. The highest BCUT2D eigenvalue weighted by atomic mass is 15.0. The SMILES string of the molecule is CC1CC(C)Nc2ccccc2N1. The van der Waals surface area contributed by atoms with Gasteiger partial charge >= 0.3 is 0 Å². The first-order valence-electron chi connectivity index (χ1n) is 4.88. The number of rotatable bonds is 0. The molecule has 2 N–H and O–H groups in total. The fourth-order valence-corrected chi connectivity index (χ4v) is 1.91. The molecule has 2 nitrogen and oxygen atoms in total. The lowest BCUT2D eigenvalue weighted by molar-refractivity contribution is 0.644. The third-order valence-electron chi connectivity index (χ3n) is 2.44. The molecular formula is C11H16N2. The van der Waals surface area contributed by atoms with Crippen LogP contribution in [-0.4, -0.2) is 12.1 Å². The molecule has 1 heterocycles. The van der Waals surface area contributed by atoms with Gasteiger partial charge in [-0.1, -0.05) is 12.1 Å². The highest BCUT2D eigenvalue weighted by Gasteiger charge is 2.15. The summed E-state index contributed by atoms with van der Waals surface area (Å²) in [7, 11) is 0. The van der Waals surface area contributed by atoms with Crippen LogP contribution in [-0.2, 0) is 0 Å². The molecule has 0 saturated heterocycles. The Balaban J connectivity index is 2.32. The van der Waals surface area contributed by atoms with E-state index in [-0.39, 0.29) is 0 Å². The number of hydrogen-bond donors (Lipinski definition) is 2. The van der Waals surface area contributed by atoms with Crippen LogP contribution in [0.25, 0.3) is 0 Å². The summed E-state index contributed by atoms with van der Waals surface area (Å²) in [5, 5.41) is 6.98. The summed E-state index contributed by atoms with van der Waals surface area (Å²) in [5.41, 5.74) is 2.44. The molecule has 1 aromatic rings. The van der Waals surface area contributed by atoms with Gasteiger partial charge in [0, 0.05) is 12.1 Å². The van der Waals surface area contributed by atoms with E-state index in [1.165, 1.54) is 11.4 Å². The van der Waals surface area contributed by atoms with Crippen molar-refractivity contribution in [1.82, 2.24) is 0 Å². The van der Waals surface area contributed by atoms with Crippen molar-refractivity contribution < 1.29 is 0 Å². The summed E-state index contributed by atoms with van der Waals surface area (Å²) in [6.45, 7) is 4.44. The van der Waals surface area contributed by atoms with Gasteiger partial charge in [-0.25, -0.2) is 0 Å². The summed E-state index contributed by atoms with van der Waals surface area (Å²) < 4.78 is 0. The molecule has 13 heavy (non-hydrogen) atoms. The van der Waals surface area contributed by atoms with Crippen molar-refractivity contribution >= 4 is 11.4 Å². The van der Waals surface area contributed by atoms with Crippen LogP contribution in [0.5, 0.6) is 0 Å². The number of hydrogen-bond acceptors (Lipinski definition) is 2. The van der Waals surface area contributed by atoms with Crippen molar-refractivity contribution in [2.45, 2.75) is 32.4 Å². The molecule has 0 spiro atoms. The molecule has 1 aliphatic rings. The number of fused-ring (bicyclic) bond motifs is 1. The Morgan fingerprint density at radius 3 is 1.92 bits per heavy atom. The summed E-state index contributed by atoms with van der Waals surface area (Å²) in [4.78, 5) is 0. The fraction of sp³-hybridized carbons (Fsp3) is 0.455.